The van der Waals surface area contributed by atoms with Crippen molar-refractivity contribution in [2.45, 2.75) is 12.6 Å². The van der Waals surface area contributed by atoms with Crippen LogP contribution in [0.25, 0.3) is 0 Å². The van der Waals surface area contributed by atoms with E-state index in [1.54, 1.807) is 0 Å². The molecule has 1 radical (unpaired) electrons. The average molecular weight is 195 g/mol. The normalized spacial score (nSPS) is 12.2. The summed E-state index contributed by atoms with van der Waals surface area (Å²) >= 11 is 0. The molecule has 0 fully saturated rings. The Morgan fingerprint density at radius 2 is 1.77 bits per heavy atom. The highest BCUT2D eigenvalue weighted by molar-refractivity contribution is 5.25. The maximum absolute atomic E-state index is 12.0. The maximum Gasteiger partial charge on any atom is 0.416 e. The molecule has 1 rings (SSSR count). The predicted octanol–water partition coefficient (Wildman–Crippen LogP) is 3.44. The second kappa shape index (κ2) is 3.32. The minimum Gasteiger partial charge on any atom is -0.205 e. The van der Waals surface area contributed by atoms with E-state index in [1.807, 2.05) is 6.07 Å². The van der Waals surface area contributed by atoms with Crippen LogP contribution in [0.1, 0.15) is 17.6 Å². The van der Waals surface area contributed by atoms with Crippen LogP contribution in [0.5, 0.6) is 0 Å². The largest absolute Gasteiger partial charge is 0.416 e. The molecule has 0 N–H and O–H groups in total. The summed E-state index contributed by atoms with van der Waals surface area (Å²) in [6.45, 7) is 0. The van der Waals surface area contributed by atoms with Crippen LogP contribution in [0.2, 0.25) is 0 Å². The van der Waals surface area contributed by atoms with Gasteiger partial charge in [0, 0.05) is 5.56 Å². The fraction of sp³-hybridized carbons (Fsp3) is 0.250. The molecule has 0 unspecified atom stereocenters. The summed E-state index contributed by atoms with van der Waals surface area (Å²) in [6.07, 6.45) is -7.50. The van der Waals surface area contributed by atoms with Crippen molar-refractivity contribution in [2.24, 2.45) is 0 Å². The van der Waals surface area contributed by atoms with Crippen LogP contribution in [0, 0.1) is 6.07 Å². The molecule has 1 aromatic rings. The Bertz CT molecular complexity index is 289. The molecule has 0 aliphatic carbocycles. The van der Waals surface area contributed by atoms with Crippen molar-refractivity contribution in [3.63, 3.8) is 0 Å². The van der Waals surface area contributed by atoms with Gasteiger partial charge in [0.25, 0.3) is 6.43 Å². The molecule has 0 saturated carbocycles. The summed E-state index contributed by atoms with van der Waals surface area (Å²) in [4.78, 5) is 0. The summed E-state index contributed by atoms with van der Waals surface area (Å²) < 4.78 is 59.8. The average Bonchev–Trinajstić information content (AvgIpc) is 2.03. The van der Waals surface area contributed by atoms with Gasteiger partial charge in [-0.2, -0.15) is 13.2 Å². The number of hydrogen-bond donors (Lipinski definition) is 0. The van der Waals surface area contributed by atoms with Crippen molar-refractivity contribution in [2.75, 3.05) is 0 Å². The molecule has 0 aliphatic heterocycles. The molecular formula is C8H4F5. The summed E-state index contributed by atoms with van der Waals surface area (Å²) in [5.41, 5.74) is -1.78. The zero-order valence-electron chi connectivity index (χ0n) is 6.20. The van der Waals surface area contributed by atoms with Gasteiger partial charge in [-0.15, -0.1) is 0 Å². The van der Waals surface area contributed by atoms with Crippen molar-refractivity contribution < 1.29 is 22.0 Å². The molecule has 0 amide bonds. The lowest BCUT2D eigenvalue weighted by Gasteiger charge is -2.07. The van der Waals surface area contributed by atoms with E-state index < -0.39 is 23.7 Å². The third kappa shape index (κ3) is 2.40. The van der Waals surface area contributed by atoms with Gasteiger partial charge in [-0.25, -0.2) is 8.78 Å². The third-order valence-electron chi connectivity index (χ3n) is 1.39. The molecule has 0 spiro atoms. The van der Waals surface area contributed by atoms with Crippen LogP contribution in [0.3, 0.4) is 0 Å². The first-order valence-electron chi connectivity index (χ1n) is 3.27. The highest BCUT2D eigenvalue weighted by Crippen LogP contribution is 2.31. The number of rotatable bonds is 1. The second-order valence-electron chi connectivity index (χ2n) is 2.35. The van der Waals surface area contributed by atoms with Gasteiger partial charge in [0.2, 0.25) is 0 Å². The van der Waals surface area contributed by atoms with E-state index in [4.69, 9.17) is 0 Å². The zero-order chi connectivity index (χ0) is 10.1. The zero-order valence-corrected chi connectivity index (χ0v) is 6.20. The summed E-state index contributed by atoms with van der Waals surface area (Å²) in [7, 11) is 0. The molecule has 1 aromatic carbocycles. The Hall–Kier alpha value is -1.13. The predicted molar refractivity (Wildman–Crippen MR) is 35.2 cm³/mol. The fourth-order valence-corrected chi connectivity index (χ4v) is 0.780. The van der Waals surface area contributed by atoms with Gasteiger partial charge >= 0.3 is 6.18 Å². The first-order valence-corrected chi connectivity index (χ1v) is 3.27. The maximum atomic E-state index is 12.0. The second-order valence-corrected chi connectivity index (χ2v) is 2.35. The molecule has 0 aliphatic rings. The molecule has 0 heterocycles. The third-order valence-corrected chi connectivity index (χ3v) is 1.39. The Labute approximate surface area is 71.0 Å². The van der Waals surface area contributed by atoms with Crippen molar-refractivity contribution in [1.82, 2.24) is 0 Å². The van der Waals surface area contributed by atoms with Crippen molar-refractivity contribution in [1.29, 1.82) is 0 Å². The minimum absolute atomic E-state index is 0.418. The number of hydrogen-bond acceptors (Lipinski definition) is 0. The van der Waals surface area contributed by atoms with Crippen LogP contribution in [0.15, 0.2) is 18.2 Å². The lowest BCUT2D eigenvalue weighted by molar-refractivity contribution is -0.137. The van der Waals surface area contributed by atoms with Crippen LogP contribution in [0.4, 0.5) is 22.0 Å². The standard InChI is InChI=1S/C8H4F5/c9-7(10)5-2-1-3-6(4-5)8(11,12)13/h2-4,7H. The van der Waals surface area contributed by atoms with E-state index in [2.05, 4.69) is 0 Å². The van der Waals surface area contributed by atoms with E-state index in [0.717, 1.165) is 6.07 Å². The monoisotopic (exact) mass is 195 g/mol. The van der Waals surface area contributed by atoms with E-state index in [-0.39, 0.29) is 0 Å². The van der Waals surface area contributed by atoms with E-state index >= 15 is 0 Å². The topological polar surface area (TPSA) is 0 Å². The van der Waals surface area contributed by atoms with E-state index in [1.165, 1.54) is 0 Å². The van der Waals surface area contributed by atoms with Gasteiger partial charge in [-0.3, -0.25) is 0 Å². The van der Waals surface area contributed by atoms with E-state index in [0.29, 0.717) is 12.1 Å². The summed E-state index contributed by atoms with van der Waals surface area (Å²) in [5, 5.41) is 0. The van der Waals surface area contributed by atoms with Crippen LogP contribution in [-0.2, 0) is 6.18 Å². The van der Waals surface area contributed by atoms with Crippen LogP contribution < -0.4 is 0 Å². The fourth-order valence-electron chi connectivity index (χ4n) is 0.780. The number of alkyl halides is 5. The first kappa shape index (κ1) is 9.95. The Kier molecular flexibility index (Phi) is 2.54. The summed E-state index contributed by atoms with van der Waals surface area (Å²) in [5.74, 6) is 0. The van der Waals surface area contributed by atoms with E-state index in [9.17, 15) is 22.0 Å². The Morgan fingerprint density at radius 1 is 1.15 bits per heavy atom. The lowest BCUT2D eigenvalue weighted by Crippen LogP contribution is -2.05. The van der Waals surface area contributed by atoms with Gasteiger partial charge in [-0.05, 0) is 24.3 Å². The molecule has 5 heteroatoms. The van der Waals surface area contributed by atoms with Gasteiger partial charge in [0.15, 0.2) is 0 Å². The quantitative estimate of drug-likeness (QED) is 0.602. The Morgan fingerprint density at radius 3 is 2.23 bits per heavy atom. The number of benzene rings is 1. The molecule has 0 nitrogen and oxygen atoms in total. The lowest BCUT2D eigenvalue weighted by atomic mass is 10.1. The molecule has 13 heavy (non-hydrogen) atoms. The van der Waals surface area contributed by atoms with Crippen LogP contribution >= 0.6 is 0 Å². The smallest absolute Gasteiger partial charge is 0.205 e. The molecule has 0 atom stereocenters. The highest BCUT2D eigenvalue weighted by atomic mass is 19.4. The van der Waals surface area contributed by atoms with Crippen molar-refractivity contribution >= 4 is 0 Å². The molecule has 0 bridgehead atoms. The summed E-state index contributed by atoms with van der Waals surface area (Å²) in [6, 6.07) is 3.90. The molecular weight excluding hydrogens is 191 g/mol. The van der Waals surface area contributed by atoms with Crippen molar-refractivity contribution in [3.05, 3.63) is 35.4 Å². The number of halogens is 5. The van der Waals surface area contributed by atoms with Gasteiger partial charge in [0.05, 0.1) is 5.56 Å². The van der Waals surface area contributed by atoms with Gasteiger partial charge < -0.3 is 0 Å². The minimum atomic E-state index is -4.60. The van der Waals surface area contributed by atoms with Gasteiger partial charge in [-0.1, -0.05) is 0 Å². The molecule has 71 valence electrons. The first-order chi connectivity index (χ1) is 5.91. The van der Waals surface area contributed by atoms with Gasteiger partial charge in [0.1, 0.15) is 0 Å². The van der Waals surface area contributed by atoms with Crippen molar-refractivity contribution in [3.8, 4) is 0 Å². The highest BCUT2D eigenvalue weighted by Gasteiger charge is 2.30. The van der Waals surface area contributed by atoms with Crippen LogP contribution in [-0.4, -0.2) is 0 Å². The SMILES string of the molecule is FC(F)c1c[c]cc(C(F)(F)F)c1. The molecule has 0 saturated heterocycles. The molecule has 0 aromatic heterocycles. The Balaban J connectivity index is 3.06.